The van der Waals surface area contributed by atoms with Gasteiger partial charge in [-0.3, -0.25) is 19.2 Å². The molecule has 2 amide bonds. The third kappa shape index (κ3) is 11.3. The molecule has 0 saturated carbocycles. The van der Waals surface area contributed by atoms with Gasteiger partial charge in [-0.1, -0.05) is 0 Å². The lowest BCUT2D eigenvalue weighted by Gasteiger charge is -2.19. The summed E-state index contributed by atoms with van der Waals surface area (Å²) in [5.74, 6) is -3.67. The van der Waals surface area contributed by atoms with Crippen molar-refractivity contribution in [2.45, 2.75) is 47.1 Å². The van der Waals surface area contributed by atoms with Crippen molar-refractivity contribution in [3.05, 3.63) is 17.7 Å². The van der Waals surface area contributed by atoms with Crippen molar-refractivity contribution < 1.29 is 47.7 Å². The van der Waals surface area contributed by atoms with Gasteiger partial charge < -0.3 is 34.3 Å². The molecule has 0 aliphatic heterocycles. The van der Waals surface area contributed by atoms with Crippen LogP contribution in [0.25, 0.3) is 0 Å². The van der Waals surface area contributed by atoms with Gasteiger partial charge in [0.1, 0.15) is 5.60 Å². The Balaban J connectivity index is 2.72. The van der Waals surface area contributed by atoms with Crippen molar-refractivity contribution >= 4 is 29.9 Å². The number of nitrogens with one attached hydrogen (secondary N) is 2. The summed E-state index contributed by atoms with van der Waals surface area (Å²) in [5, 5.41) is 5.12. The molecule has 0 heterocycles. The average molecular weight is 482 g/mol. The Kier molecular flexibility index (Phi) is 11.0. The van der Waals surface area contributed by atoms with Gasteiger partial charge in [0.05, 0.1) is 13.2 Å². The first-order valence-electron chi connectivity index (χ1n) is 10.3. The highest BCUT2D eigenvalue weighted by Crippen LogP contribution is 2.39. The van der Waals surface area contributed by atoms with E-state index in [1.54, 1.807) is 20.8 Å². The Labute approximate surface area is 197 Å². The Morgan fingerprint density at radius 1 is 0.765 bits per heavy atom. The molecule has 34 heavy (non-hydrogen) atoms. The van der Waals surface area contributed by atoms with Crippen LogP contribution in [0.4, 0.5) is 4.79 Å². The van der Waals surface area contributed by atoms with E-state index >= 15 is 0 Å². The molecule has 0 aliphatic rings. The highest BCUT2D eigenvalue weighted by molar-refractivity contribution is 5.96. The third-order valence-corrected chi connectivity index (χ3v) is 3.48. The molecule has 0 aliphatic carbocycles. The van der Waals surface area contributed by atoms with Gasteiger partial charge in [-0.25, -0.2) is 4.79 Å². The number of ether oxygens (including phenoxy) is 5. The minimum Gasteiger partial charge on any atom is -0.444 e. The number of hydrogen-bond donors (Lipinski definition) is 2. The van der Waals surface area contributed by atoms with Crippen LogP contribution in [0.3, 0.4) is 0 Å². The van der Waals surface area contributed by atoms with Gasteiger partial charge in [0.15, 0.2) is 11.5 Å². The van der Waals surface area contributed by atoms with E-state index in [1.165, 1.54) is 12.1 Å². The van der Waals surface area contributed by atoms with Gasteiger partial charge in [0, 0.05) is 39.4 Å². The second kappa shape index (κ2) is 13.1. The number of carbonyl (C=O) groups is 5. The van der Waals surface area contributed by atoms with Gasteiger partial charge in [-0.05, 0) is 32.9 Å². The van der Waals surface area contributed by atoms with Crippen LogP contribution < -0.4 is 24.8 Å². The average Bonchev–Trinajstić information content (AvgIpc) is 2.66. The summed E-state index contributed by atoms with van der Waals surface area (Å²) in [6.45, 7) is 9.26. The predicted octanol–water partition coefficient (Wildman–Crippen LogP) is 1.73. The molecule has 1 aromatic rings. The van der Waals surface area contributed by atoms with Crippen LogP contribution in [0.2, 0.25) is 0 Å². The third-order valence-electron chi connectivity index (χ3n) is 3.48. The fourth-order valence-electron chi connectivity index (χ4n) is 2.39. The Bertz CT molecular complexity index is 884. The van der Waals surface area contributed by atoms with Crippen LogP contribution in [-0.2, 0) is 23.9 Å². The number of esters is 3. The lowest BCUT2D eigenvalue weighted by atomic mass is 10.1. The first-order chi connectivity index (χ1) is 15.8. The van der Waals surface area contributed by atoms with E-state index in [4.69, 9.17) is 23.7 Å². The number of alkyl carbamates (subject to hydrolysis) is 1. The molecular formula is C22H30N2O10. The van der Waals surface area contributed by atoms with Gasteiger partial charge in [-0.2, -0.15) is 0 Å². The Hall–Kier alpha value is -3.67. The van der Waals surface area contributed by atoms with E-state index in [2.05, 4.69) is 10.6 Å². The first kappa shape index (κ1) is 28.4. The molecule has 0 bridgehead atoms. The van der Waals surface area contributed by atoms with Crippen LogP contribution in [-0.4, -0.2) is 61.8 Å². The van der Waals surface area contributed by atoms with Crippen molar-refractivity contribution in [2.75, 3.05) is 26.3 Å². The molecule has 0 atom stereocenters. The van der Waals surface area contributed by atoms with Crippen molar-refractivity contribution in [3.8, 4) is 17.2 Å². The summed E-state index contributed by atoms with van der Waals surface area (Å²) >= 11 is 0. The summed E-state index contributed by atoms with van der Waals surface area (Å²) in [6.07, 6.45) is -0.561. The van der Waals surface area contributed by atoms with Crippen LogP contribution in [0.15, 0.2) is 12.1 Å². The van der Waals surface area contributed by atoms with E-state index in [1.807, 2.05) is 0 Å². The number of hydrogen-bond acceptors (Lipinski definition) is 10. The van der Waals surface area contributed by atoms with E-state index in [-0.39, 0.29) is 49.1 Å². The van der Waals surface area contributed by atoms with Crippen molar-refractivity contribution in [2.24, 2.45) is 0 Å². The highest BCUT2D eigenvalue weighted by Gasteiger charge is 2.22. The summed E-state index contributed by atoms with van der Waals surface area (Å²) in [5.41, 5.74) is -0.619. The molecule has 0 fully saturated rings. The lowest BCUT2D eigenvalue weighted by molar-refractivity contribution is -0.135. The molecular weight excluding hydrogens is 452 g/mol. The van der Waals surface area contributed by atoms with E-state index in [0.29, 0.717) is 0 Å². The van der Waals surface area contributed by atoms with Crippen LogP contribution in [0.5, 0.6) is 17.2 Å². The number of benzene rings is 1. The molecule has 0 saturated heterocycles. The molecule has 0 radical (unpaired) electrons. The lowest BCUT2D eigenvalue weighted by Crippen LogP contribution is -2.34. The van der Waals surface area contributed by atoms with Gasteiger partial charge in [0.2, 0.25) is 5.75 Å². The largest absolute Gasteiger partial charge is 0.444 e. The zero-order valence-electron chi connectivity index (χ0n) is 20.1. The van der Waals surface area contributed by atoms with Crippen LogP contribution >= 0.6 is 0 Å². The smallest absolute Gasteiger partial charge is 0.407 e. The molecule has 12 nitrogen and oxygen atoms in total. The van der Waals surface area contributed by atoms with Crippen LogP contribution in [0.1, 0.15) is 51.9 Å². The first-order valence-corrected chi connectivity index (χ1v) is 10.3. The quantitative estimate of drug-likeness (QED) is 0.286. The maximum absolute atomic E-state index is 12.5. The molecule has 0 spiro atoms. The SMILES string of the molecule is CC(=O)Oc1cc(C(=O)NCCOCCNC(=O)OC(C)(C)C)cc(OC(C)=O)c1OC(C)=O. The highest BCUT2D eigenvalue weighted by atomic mass is 16.6. The summed E-state index contributed by atoms with van der Waals surface area (Å²) in [7, 11) is 0. The minimum atomic E-state index is -0.752. The summed E-state index contributed by atoms with van der Waals surface area (Å²) < 4.78 is 25.5. The normalized spacial score (nSPS) is 10.6. The Morgan fingerprint density at radius 2 is 1.24 bits per heavy atom. The molecule has 188 valence electrons. The molecule has 12 heteroatoms. The van der Waals surface area contributed by atoms with Crippen molar-refractivity contribution in [1.82, 2.24) is 10.6 Å². The number of carbonyl (C=O) groups excluding carboxylic acids is 5. The Morgan fingerprint density at radius 3 is 1.68 bits per heavy atom. The number of rotatable bonds is 10. The topological polar surface area (TPSA) is 156 Å². The molecule has 0 aromatic heterocycles. The van der Waals surface area contributed by atoms with Gasteiger partial charge >= 0.3 is 24.0 Å². The zero-order valence-corrected chi connectivity index (χ0v) is 20.1. The van der Waals surface area contributed by atoms with Crippen LogP contribution in [0, 0.1) is 0 Å². The number of amides is 2. The standard InChI is InChI=1S/C22H30N2O10/c1-13(25)31-17-11-16(12-18(32-14(2)26)19(17)33-15(3)27)20(28)23-7-9-30-10-8-24-21(29)34-22(4,5)6/h11-12H,7-10H2,1-6H3,(H,23,28)(H,24,29). The fourth-order valence-corrected chi connectivity index (χ4v) is 2.39. The zero-order chi connectivity index (χ0) is 25.9. The maximum Gasteiger partial charge on any atom is 0.407 e. The molecule has 1 rings (SSSR count). The maximum atomic E-state index is 12.5. The molecule has 1 aromatic carbocycles. The van der Waals surface area contributed by atoms with Gasteiger partial charge in [-0.15, -0.1) is 0 Å². The predicted molar refractivity (Wildman–Crippen MR) is 118 cm³/mol. The van der Waals surface area contributed by atoms with Crippen molar-refractivity contribution in [1.29, 1.82) is 0 Å². The second-order valence-electron chi connectivity index (χ2n) is 7.88. The second-order valence-corrected chi connectivity index (χ2v) is 7.88. The van der Waals surface area contributed by atoms with E-state index in [0.717, 1.165) is 20.8 Å². The minimum absolute atomic E-state index is 0.0185. The van der Waals surface area contributed by atoms with E-state index < -0.39 is 35.5 Å². The fraction of sp³-hybridized carbons (Fsp3) is 0.500. The molecule has 2 N–H and O–H groups in total. The van der Waals surface area contributed by atoms with Crippen molar-refractivity contribution in [3.63, 3.8) is 0 Å². The monoisotopic (exact) mass is 482 g/mol. The van der Waals surface area contributed by atoms with E-state index in [9.17, 15) is 24.0 Å². The summed E-state index contributed by atoms with van der Waals surface area (Å²) in [4.78, 5) is 58.4. The van der Waals surface area contributed by atoms with Gasteiger partial charge in [0.25, 0.3) is 5.91 Å². The summed E-state index contributed by atoms with van der Waals surface area (Å²) in [6, 6.07) is 2.35. The molecule has 0 unspecified atom stereocenters.